The molecule has 0 aliphatic carbocycles. The molecule has 3 heteroatoms. The van der Waals surface area contributed by atoms with Crippen LogP contribution in [0, 0.1) is 6.07 Å². The smallest absolute Gasteiger partial charge is 0.139 e. The van der Waals surface area contributed by atoms with Crippen LogP contribution in [-0.2, 0) is 0 Å². The highest BCUT2D eigenvalue weighted by molar-refractivity contribution is 6.29. The minimum Gasteiger partial charge on any atom is -0.377 e. The van der Waals surface area contributed by atoms with E-state index < -0.39 is 0 Å². The van der Waals surface area contributed by atoms with Crippen LogP contribution in [0.5, 0.6) is 0 Å². The fraction of sp³-hybridized carbons (Fsp3) is 0.286. The van der Waals surface area contributed by atoms with Gasteiger partial charge in [-0.15, -0.1) is 0 Å². The van der Waals surface area contributed by atoms with Crippen LogP contribution in [0.15, 0.2) is 12.3 Å². The number of hydrogen-bond donors (Lipinski definition) is 0. The van der Waals surface area contributed by atoms with Crippen molar-refractivity contribution in [3.8, 4) is 0 Å². The summed E-state index contributed by atoms with van der Waals surface area (Å²) >= 11 is 5.60. The van der Waals surface area contributed by atoms with Crippen LogP contribution < -0.4 is 4.90 Å². The molecule has 0 spiro atoms. The Balaban J connectivity index is 2.96. The highest BCUT2D eigenvalue weighted by Crippen LogP contribution is 2.12. The lowest BCUT2D eigenvalue weighted by molar-refractivity contribution is 1.12. The minimum atomic E-state index is 0.409. The molecule has 53 valence electrons. The molecule has 0 fully saturated rings. The van der Waals surface area contributed by atoms with Gasteiger partial charge in [0.1, 0.15) is 5.15 Å². The zero-order valence-corrected chi connectivity index (χ0v) is 6.68. The number of pyridine rings is 1. The number of aromatic nitrogens is 1. The summed E-state index contributed by atoms with van der Waals surface area (Å²) in [7, 11) is 3.87. The number of halogens is 1. The molecule has 0 aromatic carbocycles. The van der Waals surface area contributed by atoms with Gasteiger partial charge >= 0.3 is 0 Å². The van der Waals surface area contributed by atoms with Crippen molar-refractivity contribution in [3.63, 3.8) is 0 Å². The normalized spacial score (nSPS) is 9.50. The summed E-state index contributed by atoms with van der Waals surface area (Å²) in [5.41, 5.74) is 0.944. The summed E-state index contributed by atoms with van der Waals surface area (Å²) in [5.74, 6) is 0. The Labute approximate surface area is 65.4 Å². The number of nitrogens with zero attached hydrogens (tertiary/aromatic N) is 2. The van der Waals surface area contributed by atoms with Crippen molar-refractivity contribution in [3.05, 3.63) is 23.5 Å². The lowest BCUT2D eigenvalue weighted by Gasteiger charge is -2.10. The Kier molecular flexibility index (Phi) is 2.12. The molecule has 0 atom stereocenters. The summed E-state index contributed by atoms with van der Waals surface area (Å²) in [6, 6.07) is 4.74. The van der Waals surface area contributed by atoms with Crippen LogP contribution in [0.1, 0.15) is 0 Å². The highest BCUT2D eigenvalue weighted by atomic mass is 35.5. The highest BCUT2D eigenvalue weighted by Gasteiger charge is 1.95. The standard InChI is InChI=1S/C7H8ClN2/c1-10(2)6-3-4-9-7(8)5-6/h3-4H,1-2H3. The first-order chi connectivity index (χ1) is 4.70. The van der Waals surface area contributed by atoms with E-state index in [0.717, 1.165) is 5.69 Å². The summed E-state index contributed by atoms with van der Waals surface area (Å²) in [5, 5.41) is 0.409. The van der Waals surface area contributed by atoms with E-state index in [4.69, 9.17) is 11.6 Å². The first-order valence-corrected chi connectivity index (χ1v) is 3.29. The zero-order valence-electron chi connectivity index (χ0n) is 5.93. The van der Waals surface area contributed by atoms with E-state index in [1.807, 2.05) is 25.1 Å². The van der Waals surface area contributed by atoms with Crippen LogP contribution >= 0.6 is 11.6 Å². The summed E-state index contributed by atoms with van der Waals surface area (Å²) in [6.07, 6.45) is 1.66. The molecule has 0 unspecified atom stereocenters. The fourth-order valence-corrected chi connectivity index (χ4v) is 0.767. The molecule has 0 saturated heterocycles. The number of anilines is 1. The van der Waals surface area contributed by atoms with Crippen LogP contribution in [-0.4, -0.2) is 19.1 Å². The first kappa shape index (κ1) is 7.35. The third-order valence-electron chi connectivity index (χ3n) is 1.13. The Morgan fingerprint density at radius 3 is 2.70 bits per heavy atom. The first-order valence-electron chi connectivity index (χ1n) is 2.91. The van der Waals surface area contributed by atoms with Crippen LogP contribution in [0.2, 0.25) is 5.15 Å². The molecule has 1 aromatic rings. The second-order valence-corrected chi connectivity index (χ2v) is 2.50. The van der Waals surface area contributed by atoms with Crippen molar-refractivity contribution in [2.24, 2.45) is 0 Å². The lowest BCUT2D eigenvalue weighted by atomic mass is 10.4. The van der Waals surface area contributed by atoms with E-state index in [-0.39, 0.29) is 0 Å². The largest absolute Gasteiger partial charge is 0.377 e. The van der Waals surface area contributed by atoms with Gasteiger partial charge in [0.25, 0.3) is 0 Å². The molecule has 0 aliphatic rings. The van der Waals surface area contributed by atoms with E-state index >= 15 is 0 Å². The third kappa shape index (κ3) is 1.61. The van der Waals surface area contributed by atoms with Gasteiger partial charge in [-0.05, 0) is 6.07 Å². The van der Waals surface area contributed by atoms with Crippen molar-refractivity contribution >= 4 is 17.3 Å². The van der Waals surface area contributed by atoms with Gasteiger partial charge in [0.15, 0.2) is 0 Å². The van der Waals surface area contributed by atoms with Gasteiger partial charge in [-0.1, -0.05) is 11.6 Å². The molecule has 0 aliphatic heterocycles. The van der Waals surface area contributed by atoms with Gasteiger partial charge < -0.3 is 4.90 Å². The summed E-state index contributed by atoms with van der Waals surface area (Å²) in [6.45, 7) is 0. The minimum absolute atomic E-state index is 0.409. The second-order valence-electron chi connectivity index (χ2n) is 2.14. The Hall–Kier alpha value is -0.760. The van der Waals surface area contributed by atoms with Gasteiger partial charge in [0.2, 0.25) is 0 Å². The topological polar surface area (TPSA) is 16.1 Å². The molecule has 1 rings (SSSR count). The van der Waals surface area contributed by atoms with Crippen molar-refractivity contribution in [1.82, 2.24) is 4.98 Å². The number of hydrogen-bond acceptors (Lipinski definition) is 2. The van der Waals surface area contributed by atoms with E-state index in [2.05, 4.69) is 11.1 Å². The van der Waals surface area contributed by atoms with E-state index in [1.54, 1.807) is 6.20 Å². The SMILES string of the molecule is CN(C)c1[c]c(Cl)ncc1. The van der Waals surface area contributed by atoms with Crippen molar-refractivity contribution in [1.29, 1.82) is 0 Å². The van der Waals surface area contributed by atoms with Gasteiger partial charge in [0, 0.05) is 32.0 Å². The molecule has 1 aromatic heterocycles. The molecule has 0 bridgehead atoms. The van der Waals surface area contributed by atoms with Crippen molar-refractivity contribution in [2.45, 2.75) is 0 Å². The molecule has 10 heavy (non-hydrogen) atoms. The van der Waals surface area contributed by atoms with E-state index in [0.29, 0.717) is 5.15 Å². The van der Waals surface area contributed by atoms with Gasteiger partial charge in [-0.3, -0.25) is 0 Å². The van der Waals surface area contributed by atoms with Crippen molar-refractivity contribution in [2.75, 3.05) is 19.0 Å². The third-order valence-corrected chi connectivity index (χ3v) is 1.33. The lowest BCUT2D eigenvalue weighted by Crippen LogP contribution is -2.08. The predicted octanol–water partition coefficient (Wildman–Crippen LogP) is 1.60. The van der Waals surface area contributed by atoms with Gasteiger partial charge in [-0.2, -0.15) is 0 Å². The van der Waals surface area contributed by atoms with Gasteiger partial charge in [0.05, 0.1) is 0 Å². The van der Waals surface area contributed by atoms with E-state index in [1.165, 1.54) is 0 Å². The number of rotatable bonds is 1. The molecule has 0 amide bonds. The molecule has 1 radical (unpaired) electrons. The quantitative estimate of drug-likeness (QED) is 0.573. The average molecular weight is 156 g/mol. The van der Waals surface area contributed by atoms with E-state index in [9.17, 15) is 0 Å². The van der Waals surface area contributed by atoms with Crippen LogP contribution in [0.4, 0.5) is 5.69 Å². The van der Waals surface area contributed by atoms with Gasteiger partial charge in [-0.25, -0.2) is 4.98 Å². The molecule has 1 heterocycles. The molecule has 0 N–H and O–H groups in total. The molecule has 2 nitrogen and oxygen atoms in total. The maximum Gasteiger partial charge on any atom is 0.139 e. The Morgan fingerprint density at radius 1 is 1.60 bits per heavy atom. The molecular weight excluding hydrogens is 148 g/mol. The summed E-state index contributed by atoms with van der Waals surface area (Å²) < 4.78 is 0. The summed E-state index contributed by atoms with van der Waals surface area (Å²) in [4.78, 5) is 5.73. The Bertz CT molecular complexity index is 223. The predicted molar refractivity (Wildman–Crippen MR) is 42.4 cm³/mol. The molecule has 0 saturated carbocycles. The zero-order chi connectivity index (χ0) is 7.56. The Morgan fingerprint density at radius 2 is 2.30 bits per heavy atom. The average Bonchev–Trinajstić information content (AvgIpc) is 1.88. The fourth-order valence-electron chi connectivity index (χ4n) is 0.614. The van der Waals surface area contributed by atoms with Crippen LogP contribution in [0.25, 0.3) is 0 Å². The maximum atomic E-state index is 5.60. The maximum absolute atomic E-state index is 5.60. The second kappa shape index (κ2) is 2.88. The molecular formula is C7H8ClN2. The van der Waals surface area contributed by atoms with Crippen molar-refractivity contribution < 1.29 is 0 Å². The van der Waals surface area contributed by atoms with Crippen LogP contribution in [0.3, 0.4) is 0 Å². The monoisotopic (exact) mass is 155 g/mol.